The van der Waals surface area contributed by atoms with Crippen LogP contribution in [0.1, 0.15) is 32.6 Å². The van der Waals surface area contributed by atoms with Crippen LogP contribution in [0.5, 0.6) is 0 Å². The second-order valence-corrected chi connectivity index (χ2v) is 3.65. The van der Waals surface area contributed by atoms with Crippen LogP contribution in [0.2, 0.25) is 0 Å². The lowest BCUT2D eigenvalue weighted by Gasteiger charge is -2.26. The topological polar surface area (TPSA) is 50.3 Å². The van der Waals surface area contributed by atoms with Gasteiger partial charge in [-0.25, -0.2) is 0 Å². The standard InChI is InChI=1S/C10H22N2.H3N/c1-2-3-4-5-8-12-9-6-11-7-10-12;/h11H,2-10H2,1H3;1H3. The maximum absolute atomic E-state index is 3.37. The molecule has 1 saturated heterocycles. The molecule has 4 N–H and O–H groups in total. The number of nitrogens with one attached hydrogen (secondary N) is 1. The quantitative estimate of drug-likeness (QED) is 0.643. The van der Waals surface area contributed by atoms with E-state index in [4.69, 9.17) is 0 Å². The molecule has 3 heteroatoms. The predicted octanol–water partition coefficient (Wildman–Crippen LogP) is 1.63. The van der Waals surface area contributed by atoms with E-state index in [-0.39, 0.29) is 6.15 Å². The summed E-state index contributed by atoms with van der Waals surface area (Å²) in [4.78, 5) is 2.58. The first-order valence-electron chi connectivity index (χ1n) is 5.36. The number of nitrogens with zero attached hydrogens (tertiary/aromatic N) is 1. The third kappa shape index (κ3) is 6.02. The number of unbranched alkanes of at least 4 members (excludes halogenated alkanes) is 3. The Balaban J connectivity index is 0.00000144. The first kappa shape index (κ1) is 12.9. The van der Waals surface area contributed by atoms with Gasteiger partial charge < -0.3 is 16.4 Å². The fourth-order valence-corrected chi connectivity index (χ4v) is 1.70. The molecule has 3 nitrogen and oxygen atoms in total. The van der Waals surface area contributed by atoms with E-state index in [1.165, 1.54) is 58.4 Å². The average Bonchev–Trinajstić information content (AvgIpc) is 2.14. The van der Waals surface area contributed by atoms with E-state index in [2.05, 4.69) is 17.1 Å². The van der Waals surface area contributed by atoms with Gasteiger partial charge in [0.25, 0.3) is 0 Å². The van der Waals surface area contributed by atoms with Crippen molar-refractivity contribution in [1.29, 1.82) is 0 Å². The smallest absolute Gasteiger partial charge is 0.0107 e. The highest BCUT2D eigenvalue weighted by Gasteiger charge is 2.07. The molecule has 0 saturated carbocycles. The van der Waals surface area contributed by atoms with Crippen molar-refractivity contribution in [3.63, 3.8) is 0 Å². The zero-order valence-electron chi connectivity index (χ0n) is 9.02. The van der Waals surface area contributed by atoms with Crippen LogP contribution in [-0.4, -0.2) is 37.6 Å². The average molecular weight is 187 g/mol. The molecule has 0 spiro atoms. The molecule has 0 bridgehead atoms. The molecular formula is C10H25N3. The van der Waals surface area contributed by atoms with Crippen LogP contribution in [0.15, 0.2) is 0 Å². The molecule has 0 amide bonds. The number of rotatable bonds is 5. The van der Waals surface area contributed by atoms with Crippen molar-refractivity contribution in [2.45, 2.75) is 32.6 Å². The summed E-state index contributed by atoms with van der Waals surface area (Å²) < 4.78 is 0. The van der Waals surface area contributed by atoms with Crippen LogP contribution in [-0.2, 0) is 0 Å². The molecule has 0 radical (unpaired) electrons. The van der Waals surface area contributed by atoms with E-state index in [1.54, 1.807) is 0 Å². The maximum Gasteiger partial charge on any atom is 0.0107 e. The van der Waals surface area contributed by atoms with Crippen molar-refractivity contribution >= 4 is 0 Å². The van der Waals surface area contributed by atoms with E-state index >= 15 is 0 Å². The Labute approximate surface area is 82.5 Å². The van der Waals surface area contributed by atoms with E-state index in [0.29, 0.717) is 0 Å². The van der Waals surface area contributed by atoms with Gasteiger partial charge in [-0.05, 0) is 13.0 Å². The maximum atomic E-state index is 3.37. The van der Waals surface area contributed by atoms with Crippen molar-refractivity contribution < 1.29 is 0 Å². The second-order valence-electron chi connectivity index (χ2n) is 3.65. The lowest BCUT2D eigenvalue weighted by molar-refractivity contribution is 0.236. The van der Waals surface area contributed by atoms with E-state index < -0.39 is 0 Å². The summed E-state index contributed by atoms with van der Waals surface area (Å²) in [6.07, 6.45) is 5.57. The van der Waals surface area contributed by atoms with Gasteiger partial charge in [0.15, 0.2) is 0 Å². The molecule has 0 atom stereocenters. The Bertz CT molecular complexity index is 100. The van der Waals surface area contributed by atoms with Crippen LogP contribution >= 0.6 is 0 Å². The van der Waals surface area contributed by atoms with E-state index in [1.807, 2.05) is 0 Å². The van der Waals surface area contributed by atoms with Crippen molar-refractivity contribution in [3.8, 4) is 0 Å². The summed E-state index contributed by atoms with van der Waals surface area (Å²) in [5.41, 5.74) is 0. The zero-order chi connectivity index (χ0) is 8.65. The monoisotopic (exact) mass is 187 g/mol. The number of hydrogen-bond acceptors (Lipinski definition) is 3. The molecule has 1 heterocycles. The third-order valence-electron chi connectivity index (χ3n) is 2.54. The van der Waals surface area contributed by atoms with Crippen LogP contribution < -0.4 is 11.5 Å². The van der Waals surface area contributed by atoms with Crippen LogP contribution in [0, 0.1) is 0 Å². The first-order chi connectivity index (χ1) is 5.93. The molecular weight excluding hydrogens is 162 g/mol. The highest BCUT2D eigenvalue weighted by atomic mass is 15.2. The van der Waals surface area contributed by atoms with Gasteiger partial charge in [-0.15, -0.1) is 0 Å². The minimum Gasteiger partial charge on any atom is -0.344 e. The van der Waals surface area contributed by atoms with Gasteiger partial charge in [-0.1, -0.05) is 26.2 Å². The molecule has 0 aliphatic carbocycles. The summed E-state index contributed by atoms with van der Waals surface area (Å²) in [6, 6.07) is 0. The van der Waals surface area contributed by atoms with Crippen LogP contribution in [0.3, 0.4) is 0 Å². The predicted molar refractivity (Wildman–Crippen MR) is 58.5 cm³/mol. The summed E-state index contributed by atoms with van der Waals surface area (Å²) in [6.45, 7) is 8.48. The van der Waals surface area contributed by atoms with Crippen molar-refractivity contribution in [3.05, 3.63) is 0 Å². The molecule has 1 aliphatic rings. The molecule has 0 aromatic rings. The summed E-state index contributed by atoms with van der Waals surface area (Å²) >= 11 is 0. The Morgan fingerprint density at radius 3 is 2.38 bits per heavy atom. The molecule has 0 aromatic heterocycles. The van der Waals surface area contributed by atoms with Gasteiger partial charge in [-0.2, -0.15) is 0 Å². The normalized spacial score (nSPS) is 18.2. The molecule has 80 valence electrons. The number of hydrogen-bond donors (Lipinski definition) is 2. The van der Waals surface area contributed by atoms with Crippen molar-refractivity contribution in [2.24, 2.45) is 0 Å². The Morgan fingerprint density at radius 1 is 1.08 bits per heavy atom. The fourth-order valence-electron chi connectivity index (χ4n) is 1.70. The molecule has 1 rings (SSSR count). The van der Waals surface area contributed by atoms with Gasteiger partial charge >= 0.3 is 0 Å². The largest absolute Gasteiger partial charge is 0.344 e. The summed E-state index contributed by atoms with van der Waals surface area (Å²) in [7, 11) is 0. The van der Waals surface area contributed by atoms with Gasteiger partial charge in [0.2, 0.25) is 0 Å². The van der Waals surface area contributed by atoms with Gasteiger partial charge in [0.05, 0.1) is 0 Å². The number of piperazine rings is 1. The fraction of sp³-hybridized carbons (Fsp3) is 1.00. The first-order valence-corrected chi connectivity index (χ1v) is 5.36. The third-order valence-corrected chi connectivity index (χ3v) is 2.54. The minimum absolute atomic E-state index is 0. The van der Waals surface area contributed by atoms with E-state index in [9.17, 15) is 0 Å². The van der Waals surface area contributed by atoms with Gasteiger partial charge in [0, 0.05) is 26.2 Å². The van der Waals surface area contributed by atoms with Crippen LogP contribution in [0.4, 0.5) is 0 Å². The second kappa shape index (κ2) is 8.48. The molecule has 1 fully saturated rings. The lowest BCUT2D eigenvalue weighted by Crippen LogP contribution is -2.43. The molecule has 0 aromatic carbocycles. The molecule has 1 aliphatic heterocycles. The SMILES string of the molecule is CCCCCCN1CCNCC1.N. The molecule has 13 heavy (non-hydrogen) atoms. The van der Waals surface area contributed by atoms with Gasteiger partial charge in [0.1, 0.15) is 0 Å². The highest BCUT2D eigenvalue weighted by molar-refractivity contribution is 4.66. The Kier molecular flexibility index (Phi) is 8.40. The summed E-state index contributed by atoms with van der Waals surface area (Å²) in [5.74, 6) is 0. The van der Waals surface area contributed by atoms with Crippen molar-refractivity contribution in [2.75, 3.05) is 32.7 Å². The lowest BCUT2D eigenvalue weighted by atomic mass is 10.2. The summed E-state index contributed by atoms with van der Waals surface area (Å²) in [5, 5.41) is 3.37. The molecule has 0 unspecified atom stereocenters. The van der Waals surface area contributed by atoms with E-state index in [0.717, 1.165) is 0 Å². The van der Waals surface area contributed by atoms with Gasteiger partial charge in [-0.3, -0.25) is 0 Å². The Morgan fingerprint density at radius 2 is 1.77 bits per heavy atom. The highest BCUT2D eigenvalue weighted by Crippen LogP contribution is 2.01. The zero-order valence-corrected chi connectivity index (χ0v) is 9.02. The van der Waals surface area contributed by atoms with Crippen LogP contribution in [0.25, 0.3) is 0 Å². The van der Waals surface area contributed by atoms with Crippen molar-refractivity contribution in [1.82, 2.24) is 16.4 Å². The minimum atomic E-state index is 0. The Hall–Kier alpha value is -0.120.